The van der Waals surface area contributed by atoms with E-state index in [0.29, 0.717) is 25.1 Å². The van der Waals surface area contributed by atoms with Gasteiger partial charge >= 0.3 is 6.36 Å². The summed E-state index contributed by atoms with van der Waals surface area (Å²) in [5.41, 5.74) is 0.669. The Kier molecular flexibility index (Phi) is 5.92. The van der Waals surface area contributed by atoms with Crippen LogP contribution < -0.4 is 10.1 Å². The number of halogens is 3. The van der Waals surface area contributed by atoms with Crippen LogP contribution in [-0.4, -0.2) is 36.2 Å². The highest BCUT2D eigenvalue weighted by molar-refractivity contribution is 5.81. The number of piperidine rings is 1. The van der Waals surface area contributed by atoms with Gasteiger partial charge in [-0.05, 0) is 37.5 Å². The summed E-state index contributed by atoms with van der Waals surface area (Å²) in [4.78, 5) is 25.5. The molecule has 1 aromatic rings. The first-order valence-electron chi connectivity index (χ1n) is 8.07. The molecule has 2 rings (SSSR count). The molecular weight excluding hydrogens is 337 g/mol. The minimum absolute atomic E-state index is 0.0502. The lowest BCUT2D eigenvalue weighted by Gasteiger charge is -2.32. The number of likely N-dealkylation sites (tertiary alicyclic amines) is 1. The zero-order valence-electron chi connectivity index (χ0n) is 14.1. The van der Waals surface area contributed by atoms with Gasteiger partial charge in [-0.3, -0.25) is 9.59 Å². The first-order chi connectivity index (χ1) is 11.7. The average molecular weight is 358 g/mol. The first-order valence-corrected chi connectivity index (χ1v) is 8.07. The van der Waals surface area contributed by atoms with Crippen LogP contribution in [0.1, 0.15) is 38.3 Å². The van der Waals surface area contributed by atoms with Gasteiger partial charge < -0.3 is 15.0 Å². The summed E-state index contributed by atoms with van der Waals surface area (Å²) in [5.74, 6) is -0.785. The third-order valence-corrected chi connectivity index (χ3v) is 4.21. The molecular formula is C17H21F3N2O3. The fourth-order valence-corrected chi connectivity index (χ4v) is 2.85. The van der Waals surface area contributed by atoms with Crippen LogP contribution in [0.4, 0.5) is 13.2 Å². The molecule has 2 atom stereocenters. The lowest BCUT2D eigenvalue weighted by molar-refractivity contribution is -0.274. The van der Waals surface area contributed by atoms with Gasteiger partial charge in [0.15, 0.2) is 0 Å². The quantitative estimate of drug-likeness (QED) is 0.900. The highest BCUT2D eigenvalue weighted by Gasteiger charge is 2.31. The van der Waals surface area contributed by atoms with E-state index in [0.717, 1.165) is 6.42 Å². The monoisotopic (exact) mass is 358 g/mol. The molecule has 1 aliphatic heterocycles. The molecule has 0 radical (unpaired) electrons. The molecule has 1 heterocycles. The smallest absolute Gasteiger partial charge is 0.406 e. The van der Waals surface area contributed by atoms with E-state index in [9.17, 15) is 22.8 Å². The van der Waals surface area contributed by atoms with Gasteiger partial charge in [-0.2, -0.15) is 0 Å². The Morgan fingerprint density at radius 3 is 2.48 bits per heavy atom. The highest BCUT2D eigenvalue weighted by Crippen LogP contribution is 2.25. The maximum Gasteiger partial charge on any atom is 0.573 e. The Hall–Kier alpha value is -2.25. The fraction of sp³-hybridized carbons (Fsp3) is 0.529. The highest BCUT2D eigenvalue weighted by atomic mass is 19.4. The Bertz CT molecular complexity index is 617. The minimum atomic E-state index is -4.73. The zero-order chi connectivity index (χ0) is 18.6. The van der Waals surface area contributed by atoms with Crippen molar-refractivity contribution in [2.45, 2.75) is 39.1 Å². The molecule has 8 heteroatoms. The van der Waals surface area contributed by atoms with E-state index in [2.05, 4.69) is 10.1 Å². The van der Waals surface area contributed by atoms with E-state index in [1.807, 2.05) is 0 Å². The summed E-state index contributed by atoms with van der Waals surface area (Å²) in [6, 6.07) is 5.02. The molecule has 0 aromatic heterocycles. The molecule has 0 unspecified atom stereocenters. The van der Waals surface area contributed by atoms with Crippen LogP contribution >= 0.6 is 0 Å². The van der Waals surface area contributed by atoms with Crippen molar-refractivity contribution in [2.24, 2.45) is 5.92 Å². The molecule has 0 aliphatic carbocycles. The maximum atomic E-state index is 12.4. The fourth-order valence-electron chi connectivity index (χ4n) is 2.85. The summed E-state index contributed by atoms with van der Waals surface area (Å²) in [6.45, 7) is 4.29. The number of amides is 2. The van der Waals surface area contributed by atoms with Crippen molar-refractivity contribution in [2.75, 3.05) is 13.1 Å². The predicted molar refractivity (Wildman–Crippen MR) is 84.7 cm³/mol. The second-order valence-corrected chi connectivity index (χ2v) is 6.15. The second-order valence-electron chi connectivity index (χ2n) is 6.15. The lowest BCUT2D eigenvalue weighted by atomic mass is 9.96. The van der Waals surface area contributed by atoms with Crippen molar-refractivity contribution in [1.82, 2.24) is 10.2 Å². The van der Waals surface area contributed by atoms with E-state index < -0.39 is 6.36 Å². The first kappa shape index (κ1) is 19.1. The van der Waals surface area contributed by atoms with E-state index >= 15 is 0 Å². The lowest BCUT2D eigenvalue weighted by Crippen LogP contribution is -2.45. The maximum absolute atomic E-state index is 12.4. The predicted octanol–water partition coefficient (Wildman–Crippen LogP) is 3.02. The number of rotatable bonds is 4. The van der Waals surface area contributed by atoms with Gasteiger partial charge in [0.2, 0.25) is 11.8 Å². The van der Waals surface area contributed by atoms with Crippen LogP contribution in [-0.2, 0) is 9.59 Å². The number of carbonyl (C=O) groups is 2. The molecule has 138 valence electrons. The Morgan fingerprint density at radius 2 is 1.92 bits per heavy atom. The van der Waals surface area contributed by atoms with Crippen LogP contribution in [0.2, 0.25) is 0 Å². The van der Waals surface area contributed by atoms with Crippen molar-refractivity contribution in [3.05, 3.63) is 29.8 Å². The number of benzene rings is 1. The molecule has 0 saturated carbocycles. The Morgan fingerprint density at radius 1 is 1.28 bits per heavy atom. The summed E-state index contributed by atoms with van der Waals surface area (Å²) in [6.07, 6.45) is -3.25. The van der Waals surface area contributed by atoms with Crippen LogP contribution in [0.25, 0.3) is 0 Å². The minimum Gasteiger partial charge on any atom is -0.406 e. The van der Waals surface area contributed by atoms with E-state index in [-0.39, 0.29) is 29.5 Å². The Balaban J connectivity index is 1.93. The van der Waals surface area contributed by atoms with Gasteiger partial charge in [0.1, 0.15) is 5.75 Å². The zero-order valence-corrected chi connectivity index (χ0v) is 14.1. The van der Waals surface area contributed by atoms with E-state index in [4.69, 9.17) is 0 Å². The van der Waals surface area contributed by atoms with Crippen LogP contribution in [0.15, 0.2) is 24.3 Å². The topological polar surface area (TPSA) is 58.6 Å². The SMILES string of the molecule is CC(=O)N1CCC[C@@H](C(=O)N[C@@H](C)c2ccc(OC(F)(F)F)cc2)C1. The van der Waals surface area contributed by atoms with Gasteiger partial charge in [-0.15, -0.1) is 13.2 Å². The van der Waals surface area contributed by atoms with Crippen LogP contribution in [0.5, 0.6) is 5.75 Å². The van der Waals surface area contributed by atoms with E-state index in [1.54, 1.807) is 11.8 Å². The standard InChI is InChI=1S/C17H21F3N2O3/c1-11(13-5-7-15(8-6-13)25-17(18,19)20)21-16(24)14-4-3-9-22(10-14)12(2)23/h5-8,11,14H,3-4,9-10H2,1-2H3,(H,21,24)/t11-,14+/m0/s1. The third kappa shape index (κ3) is 5.65. The van der Waals surface area contributed by atoms with Crippen LogP contribution in [0, 0.1) is 5.92 Å². The number of ether oxygens (including phenoxy) is 1. The van der Waals surface area contributed by atoms with Crippen molar-refractivity contribution >= 4 is 11.8 Å². The van der Waals surface area contributed by atoms with Gasteiger partial charge in [0.05, 0.1) is 12.0 Å². The number of nitrogens with one attached hydrogen (secondary N) is 1. The van der Waals surface area contributed by atoms with Crippen molar-refractivity contribution in [3.63, 3.8) is 0 Å². The molecule has 25 heavy (non-hydrogen) atoms. The van der Waals surface area contributed by atoms with Crippen LogP contribution in [0.3, 0.4) is 0 Å². The van der Waals surface area contributed by atoms with Crippen molar-refractivity contribution in [1.29, 1.82) is 0 Å². The largest absolute Gasteiger partial charge is 0.573 e. The second kappa shape index (κ2) is 7.76. The van der Waals surface area contributed by atoms with Gasteiger partial charge in [0, 0.05) is 20.0 Å². The number of alkyl halides is 3. The number of hydrogen-bond acceptors (Lipinski definition) is 3. The molecule has 2 amide bonds. The molecule has 1 aromatic carbocycles. The molecule has 1 saturated heterocycles. The van der Waals surface area contributed by atoms with E-state index in [1.165, 1.54) is 31.2 Å². The molecule has 5 nitrogen and oxygen atoms in total. The normalized spacial score (nSPS) is 19.2. The number of nitrogens with zero attached hydrogens (tertiary/aromatic N) is 1. The van der Waals surface area contributed by atoms with Gasteiger partial charge in [-0.25, -0.2) is 0 Å². The molecule has 1 N–H and O–H groups in total. The molecule has 1 fully saturated rings. The number of carbonyl (C=O) groups excluding carboxylic acids is 2. The van der Waals surface area contributed by atoms with Gasteiger partial charge in [0.25, 0.3) is 0 Å². The summed E-state index contributed by atoms with van der Waals surface area (Å²) in [5, 5.41) is 2.85. The average Bonchev–Trinajstić information content (AvgIpc) is 2.54. The third-order valence-electron chi connectivity index (χ3n) is 4.21. The molecule has 0 spiro atoms. The summed E-state index contributed by atoms with van der Waals surface area (Å²) >= 11 is 0. The summed E-state index contributed by atoms with van der Waals surface area (Å²) in [7, 11) is 0. The van der Waals surface area contributed by atoms with Crippen molar-refractivity contribution in [3.8, 4) is 5.75 Å². The molecule has 0 bridgehead atoms. The van der Waals surface area contributed by atoms with Gasteiger partial charge in [-0.1, -0.05) is 12.1 Å². The Labute approximate surface area is 144 Å². The number of hydrogen-bond donors (Lipinski definition) is 1. The van der Waals surface area contributed by atoms with Crippen molar-refractivity contribution < 1.29 is 27.5 Å². The summed E-state index contributed by atoms with van der Waals surface area (Å²) < 4.78 is 40.3. The molecule has 1 aliphatic rings.